The monoisotopic (exact) mass is 302 g/mol. The van der Waals surface area contributed by atoms with Crippen LogP contribution in [0.4, 0.5) is 13.2 Å². The third-order valence-corrected chi connectivity index (χ3v) is 4.36. The standard InChI is InChI=1S/C16H21F3O2/c1-2-12-6-5-10-15(20,11-9-12)13-7-3-4-8-14(13)21-16(17,18)19/h3-4,7-8,12,20H,2,5-6,9-11H2,1H3. The Morgan fingerprint density at radius 2 is 1.95 bits per heavy atom. The maximum absolute atomic E-state index is 12.5. The summed E-state index contributed by atoms with van der Waals surface area (Å²) in [6.45, 7) is 2.11. The number of rotatable bonds is 3. The van der Waals surface area contributed by atoms with E-state index in [0.29, 0.717) is 18.8 Å². The van der Waals surface area contributed by atoms with E-state index in [-0.39, 0.29) is 11.3 Å². The average Bonchev–Trinajstić information content (AvgIpc) is 2.60. The highest BCUT2D eigenvalue weighted by atomic mass is 19.4. The van der Waals surface area contributed by atoms with Gasteiger partial charge in [0.05, 0.1) is 5.60 Å². The molecule has 1 aromatic carbocycles. The van der Waals surface area contributed by atoms with Crippen molar-refractivity contribution in [2.45, 2.75) is 57.4 Å². The zero-order valence-electron chi connectivity index (χ0n) is 12.1. The van der Waals surface area contributed by atoms with Gasteiger partial charge in [-0.3, -0.25) is 0 Å². The number of aliphatic hydroxyl groups is 1. The smallest absolute Gasteiger partial charge is 0.405 e. The van der Waals surface area contributed by atoms with Gasteiger partial charge in [-0.1, -0.05) is 38.0 Å². The molecule has 0 aliphatic heterocycles. The fourth-order valence-electron chi connectivity index (χ4n) is 3.14. The minimum atomic E-state index is -4.75. The molecular weight excluding hydrogens is 281 g/mol. The number of halogens is 3. The van der Waals surface area contributed by atoms with E-state index in [2.05, 4.69) is 11.7 Å². The Bertz CT molecular complexity index is 473. The van der Waals surface area contributed by atoms with Crippen molar-refractivity contribution < 1.29 is 23.0 Å². The van der Waals surface area contributed by atoms with Crippen LogP contribution in [0.2, 0.25) is 0 Å². The van der Waals surface area contributed by atoms with E-state index in [9.17, 15) is 18.3 Å². The molecule has 0 spiro atoms. The van der Waals surface area contributed by atoms with Gasteiger partial charge in [0.25, 0.3) is 0 Å². The normalized spacial score (nSPS) is 27.2. The van der Waals surface area contributed by atoms with E-state index in [1.807, 2.05) is 0 Å². The molecule has 21 heavy (non-hydrogen) atoms. The van der Waals surface area contributed by atoms with E-state index in [1.54, 1.807) is 6.07 Å². The van der Waals surface area contributed by atoms with E-state index >= 15 is 0 Å². The topological polar surface area (TPSA) is 29.5 Å². The number of hydrogen-bond acceptors (Lipinski definition) is 2. The van der Waals surface area contributed by atoms with Gasteiger partial charge in [0.2, 0.25) is 0 Å². The van der Waals surface area contributed by atoms with Crippen LogP contribution in [0.5, 0.6) is 5.75 Å². The second kappa shape index (κ2) is 6.26. The SMILES string of the molecule is CCC1CCCC(O)(c2ccccc2OC(F)(F)F)CC1. The molecule has 118 valence electrons. The van der Waals surface area contributed by atoms with E-state index < -0.39 is 12.0 Å². The second-order valence-electron chi connectivity index (χ2n) is 5.78. The Kier molecular flexibility index (Phi) is 4.81. The molecule has 2 nitrogen and oxygen atoms in total. The zero-order chi connectivity index (χ0) is 15.5. The molecule has 5 heteroatoms. The lowest BCUT2D eigenvalue weighted by Gasteiger charge is -2.29. The zero-order valence-corrected chi connectivity index (χ0v) is 12.1. The van der Waals surface area contributed by atoms with Crippen molar-refractivity contribution in [1.29, 1.82) is 0 Å². The molecule has 0 radical (unpaired) electrons. The number of ether oxygens (including phenoxy) is 1. The molecular formula is C16H21F3O2. The maximum atomic E-state index is 12.5. The summed E-state index contributed by atoms with van der Waals surface area (Å²) in [5.41, 5.74) is -0.981. The molecule has 1 saturated carbocycles. The summed E-state index contributed by atoms with van der Waals surface area (Å²) in [6.07, 6.45) is -0.102. The summed E-state index contributed by atoms with van der Waals surface area (Å²) in [5, 5.41) is 10.9. The first-order valence-corrected chi connectivity index (χ1v) is 7.42. The molecule has 1 fully saturated rings. The summed E-state index contributed by atoms with van der Waals surface area (Å²) >= 11 is 0. The molecule has 1 N–H and O–H groups in total. The molecule has 2 unspecified atom stereocenters. The molecule has 0 aromatic heterocycles. The predicted molar refractivity (Wildman–Crippen MR) is 73.9 cm³/mol. The number of benzene rings is 1. The number of alkyl halides is 3. The fraction of sp³-hybridized carbons (Fsp3) is 0.625. The molecule has 1 aromatic rings. The summed E-state index contributed by atoms with van der Waals surface area (Å²) in [4.78, 5) is 0. The third kappa shape index (κ3) is 4.13. The van der Waals surface area contributed by atoms with Gasteiger partial charge in [0.1, 0.15) is 5.75 Å². The van der Waals surface area contributed by atoms with Gasteiger partial charge in [-0.2, -0.15) is 0 Å². The van der Waals surface area contributed by atoms with Gasteiger partial charge in [-0.05, 0) is 37.7 Å². The number of hydrogen-bond donors (Lipinski definition) is 1. The predicted octanol–water partition coefficient (Wildman–Crippen LogP) is 4.76. The largest absolute Gasteiger partial charge is 0.573 e. The van der Waals surface area contributed by atoms with Gasteiger partial charge >= 0.3 is 6.36 Å². The van der Waals surface area contributed by atoms with Crippen LogP contribution in [-0.4, -0.2) is 11.5 Å². The van der Waals surface area contributed by atoms with Crippen LogP contribution in [0, 0.1) is 5.92 Å². The van der Waals surface area contributed by atoms with Crippen LogP contribution < -0.4 is 4.74 Å². The van der Waals surface area contributed by atoms with Crippen LogP contribution in [0.15, 0.2) is 24.3 Å². The Morgan fingerprint density at radius 1 is 1.24 bits per heavy atom. The lowest BCUT2D eigenvalue weighted by Crippen LogP contribution is -2.27. The molecule has 1 aliphatic carbocycles. The summed E-state index contributed by atoms with van der Waals surface area (Å²) < 4.78 is 41.6. The van der Waals surface area contributed by atoms with Crippen LogP contribution in [-0.2, 0) is 5.60 Å². The average molecular weight is 302 g/mol. The molecule has 0 heterocycles. The molecule has 2 atom stereocenters. The summed E-state index contributed by atoms with van der Waals surface area (Å²) in [7, 11) is 0. The summed E-state index contributed by atoms with van der Waals surface area (Å²) in [5.74, 6) is 0.247. The Labute approximate surface area is 122 Å². The van der Waals surface area contributed by atoms with Crippen molar-refractivity contribution >= 4 is 0 Å². The van der Waals surface area contributed by atoms with Gasteiger partial charge in [-0.15, -0.1) is 13.2 Å². The Morgan fingerprint density at radius 3 is 2.62 bits per heavy atom. The molecule has 1 aliphatic rings. The maximum Gasteiger partial charge on any atom is 0.573 e. The highest BCUT2D eigenvalue weighted by Gasteiger charge is 2.38. The lowest BCUT2D eigenvalue weighted by molar-refractivity contribution is -0.275. The van der Waals surface area contributed by atoms with Crippen molar-refractivity contribution in [2.24, 2.45) is 5.92 Å². The van der Waals surface area contributed by atoms with Crippen LogP contribution in [0.3, 0.4) is 0 Å². The van der Waals surface area contributed by atoms with E-state index in [1.165, 1.54) is 18.2 Å². The minimum Gasteiger partial charge on any atom is -0.405 e. The molecule has 0 bridgehead atoms. The van der Waals surface area contributed by atoms with Gasteiger partial charge < -0.3 is 9.84 Å². The van der Waals surface area contributed by atoms with Crippen LogP contribution >= 0.6 is 0 Å². The quantitative estimate of drug-likeness (QED) is 0.815. The highest BCUT2D eigenvalue weighted by molar-refractivity contribution is 5.38. The Balaban J connectivity index is 2.27. The third-order valence-electron chi connectivity index (χ3n) is 4.36. The first-order chi connectivity index (χ1) is 9.84. The van der Waals surface area contributed by atoms with E-state index in [4.69, 9.17) is 0 Å². The fourth-order valence-corrected chi connectivity index (χ4v) is 3.14. The van der Waals surface area contributed by atoms with Crippen molar-refractivity contribution in [3.63, 3.8) is 0 Å². The highest BCUT2D eigenvalue weighted by Crippen LogP contribution is 2.43. The van der Waals surface area contributed by atoms with Crippen LogP contribution in [0.25, 0.3) is 0 Å². The first kappa shape index (κ1) is 16.1. The van der Waals surface area contributed by atoms with E-state index in [0.717, 1.165) is 25.7 Å². The minimum absolute atomic E-state index is 0.249. The van der Waals surface area contributed by atoms with Gasteiger partial charge in [0, 0.05) is 5.56 Å². The van der Waals surface area contributed by atoms with Crippen molar-refractivity contribution in [1.82, 2.24) is 0 Å². The van der Waals surface area contributed by atoms with Crippen LogP contribution in [0.1, 0.15) is 51.0 Å². The van der Waals surface area contributed by atoms with Gasteiger partial charge in [-0.25, -0.2) is 0 Å². The lowest BCUT2D eigenvalue weighted by atomic mass is 9.85. The van der Waals surface area contributed by atoms with Gasteiger partial charge in [0.15, 0.2) is 0 Å². The summed E-state index contributed by atoms with van der Waals surface area (Å²) in [6, 6.07) is 5.93. The molecule has 0 amide bonds. The van der Waals surface area contributed by atoms with Crippen molar-refractivity contribution in [3.05, 3.63) is 29.8 Å². The van der Waals surface area contributed by atoms with Crippen molar-refractivity contribution in [2.75, 3.05) is 0 Å². The first-order valence-electron chi connectivity index (χ1n) is 7.42. The Hall–Kier alpha value is -1.23. The van der Waals surface area contributed by atoms with Crippen molar-refractivity contribution in [3.8, 4) is 5.75 Å². The molecule has 2 rings (SSSR count). The number of para-hydroxylation sites is 1. The second-order valence-corrected chi connectivity index (χ2v) is 5.78. The molecule has 0 saturated heterocycles.